The molecular formula is C22H17I. The molecule has 0 saturated carbocycles. The van der Waals surface area contributed by atoms with Crippen molar-refractivity contribution in [2.45, 2.75) is 12.8 Å². The van der Waals surface area contributed by atoms with Crippen LogP contribution in [0.25, 0.3) is 0 Å². The van der Waals surface area contributed by atoms with Crippen LogP contribution in [0.15, 0.2) is 78.9 Å². The average Bonchev–Trinajstić information content (AvgIpc) is 2.61. The molecule has 0 radical (unpaired) electrons. The molecule has 0 aliphatic rings. The Bertz CT molecular complexity index is 838. The van der Waals surface area contributed by atoms with E-state index in [0.29, 0.717) is 0 Å². The molecule has 0 nitrogen and oxygen atoms in total. The highest BCUT2D eigenvalue weighted by Crippen LogP contribution is 2.16. The fraction of sp³-hybridized carbons (Fsp3) is 0.0909. The average molecular weight is 408 g/mol. The van der Waals surface area contributed by atoms with E-state index >= 15 is 0 Å². The first kappa shape index (κ1) is 15.8. The lowest BCUT2D eigenvalue weighted by molar-refractivity contribution is 0.950. The summed E-state index contributed by atoms with van der Waals surface area (Å²) < 4.78 is 1.33. The van der Waals surface area contributed by atoms with Crippen LogP contribution in [0.2, 0.25) is 0 Å². The molecule has 3 aromatic carbocycles. The van der Waals surface area contributed by atoms with Gasteiger partial charge in [-0.3, -0.25) is 0 Å². The number of aryl methyl sites for hydroxylation is 2. The van der Waals surface area contributed by atoms with Gasteiger partial charge in [0.25, 0.3) is 0 Å². The number of hydrogen-bond donors (Lipinski definition) is 0. The van der Waals surface area contributed by atoms with E-state index in [1.165, 1.54) is 14.7 Å². The maximum absolute atomic E-state index is 3.33. The van der Waals surface area contributed by atoms with Gasteiger partial charge in [-0.2, -0.15) is 0 Å². The predicted octanol–water partition coefficient (Wildman–Crippen LogP) is 5.48. The van der Waals surface area contributed by atoms with Crippen LogP contribution in [-0.2, 0) is 12.8 Å². The lowest BCUT2D eigenvalue weighted by Gasteiger charge is -2.06. The molecule has 0 fully saturated rings. The Balaban J connectivity index is 1.79. The van der Waals surface area contributed by atoms with Crippen molar-refractivity contribution in [3.05, 3.63) is 105 Å². The largest absolute Gasteiger partial charge is 0.0622 e. The topological polar surface area (TPSA) is 0 Å². The number of halogens is 1. The first-order valence-electron chi connectivity index (χ1n) is 7.71. The van der Waals surface area contributed by atoms with E-state index in [4.69, 9.17) is 0 Å². The molecule has 0 aromatic heterocycles. The minimum Gasteiger partial charge on any atom is -0.0622 e. The van der Waals surface area contributed by atoms with E-state index in [1.54, 1.807) is 0 Å². The van der Waals surface area contributed by atoms with E-state index in [0.717, 1.165) is 24.0 Å². The Morgan fingerprint density at radius 2 is 1.22 bits per heavy atom. The van der Waals surface area contributed by atoms with Crippen molar-refractivity contribution in [2.24, 2.45) is 0 Å². The minimum atomic E-state index is 1.01. The van der Waals surface area contributed by atoms with E-state index in [2.05, 4.69) is 83.0 Å². The zero-order valence-corrected chi connectivity index (χ0v) is 15.0. The van der Waals surface area contributed by atoms with Gasteiger partial charge in [0.1, 0.15) is 0 Å². The van der Waals surface area contributed by atoms with E-state index in [9.17, 15) is 0 Å². The molecule has 0 spiro atoms. The Morgan fingerprint density at radius 1 is 0.609 bits per heavy atom. The van der Waals surface area contributed by atoms with Crippen molar-refractivity contribution in [3.8, 4) is 11.8 Å². The van der Waals surface area contributed by atoms with Crippen molar-refractivity contribution in [2.75, 3.05) is 0 Å². The molecule has 0 bridgehead atoms. The van der Waals surface area contributed by atoms with Gasteiger partial charge in [-0.1, -0.05) is 66.4 Å². The van der Waals surface area contributed by atoms with E-state index in [-0.39, 0.29) is 0 Å². The Morgan fingerprint density at radius 3 is 2.00 bits per heavy atom. The summed E-state index contributed by atoms with van der Waals surface area (Å²) in [5, 5.41) is 0. The second kappa shape index (κ2) is 7.99. The first-order chi connectivity index (χ1) is 11.3. The first-order valence-corrected chi connectivity index (χ1v) is 8.79. The molecule has 0 N–H and O–H groups in total. The molecule has 112 valence electrons. The van der Waals surface area contributed by atoms with Crippen LogP contribution < -0.4 is 0 Å². The standard InChI is InChI=1S/C22H17I/c23-22-13-7-6-12-21(22)17-16-20-11-5-4-10-19(20)15-14-18-8-2-1-3-9-18/h1-13H,16-17H2. The monoisotopic (exact) mass is 408 g/mol. The summed E-state index contributed by atoms with van der Waals surface area (Å²) in [6.07, 6.45) is 2.06. The maximum atomic E-state index is 3.33. The highest BCUT2D eigenvalue weighted by atomic mass is 127. The fourth-order valence-electron chi connectivity index (χ4n) is 2.49. The Kier molecular flexibility index (Phi) is 5.50. The molecule has 23 heavy (non-hydrogen) atoms. The van der Waals surface area contributed by atoms with Crippen LogP contribution in [0.1, 0.15) is 22.3 Å². The molecule has 1 heteroatoms. The van der Waals surface area contributed by atoms with Crippen molar-refractivity contribution in [1.82, 2.24) is 0 Å². The van der Waals surface area contributed by atoms with E-state index < -0.39 is 0 Å². The van der Waals surface area contributed by atoms with Gasteiger partial charge in [-0.15, -0.1) is 0 Å². The normalized spacial score (nSPS) is 9.96. The Labute approximate surface area is 151 Å². The summed E-state index contributed by atoms with van der Waals surface area (Å²) in [5.74, 6) is 6.59. The third-order valence-corrected chi connectivity index (χ3v) is 4.81. The zero-order chi connectivity index (χ0) is 15.9. The molecule has 0 amide bonds. The fourth-order valence-corrected chi connectivity index (χ4v) is 3.15. The van der Waals surface area contributed by atoms with Crippen molar-refractivity contribution < 1.29 is 0 Å². The van der Waals surface area contributed by atoms with Crippen molar-refractivity contribution in [1.29, 1.82) is 0 Å². The summed E-state index contributed by atoms with van der Waals surface area (Å²) in [6.45, 7) is 0. The third-order valence-electron chi connectivity index (χ3n) is 3.75. The van der Waals surface area contributed by atoms with Crippen molar-refractivity contribution >= 4 is 22.6 Å². The van der Waals surface area contributed by atoms with Crippen LogP contribution in [0.3, 0.4) is 0 Å². The van der Waals surface area contributed by atoms with Crippen LogP contribution in [0, 0.1) is 15.4 Å². The van der Waals surface area contributed by atoms with Crippen LogP contribution in [-0.4, -0.2) is 0 Å². The van der Waals surface area contributed by atoms with Gasteiger partial charge in [0.05, 0.1) is 0 Å². The van der Waals surface area contributed by atoms with Crippen molar-refractivity contribution in [3.63, 3.8) is 0 Å². The molecule has 0 unspecified atom stereocenters. The summed E-state index contributed by atoms with van der Waals surface area (Å²) in [5.41, 5.74) is 4.90. The molecule has 0 heterocycles. The lowest BCUT2D eigenvalue weighted by Crippen LogP contribution is -1.96. The van der Waals surface area contributed by atoms with Gasteiger partial charge in [0.2, 0.25) is 0 Å². The second-order valence-electron chi connectivity index (χ2n) is 5.36. The van der Waals surface area contributed by atoms with Gasteiger partial charge in [-0.25, -0.2) is 0 Å². The van der Waals surface area contributed by atoms with Crippen LogP contribution in [0.5, 0.6) is 0 Å². The predicted molar refractivity (Wildman–Crippen MR) is 105 cm³/mol. The highest BCUT2D eigenvalue weighted by Gasteiger charge is 2.02. The maximum Gasteiger partial charge on any atom is 0.0281 e. The van der Waals surface area contributed by atoms with Crippen LogP contribution >= 0.6 is 22.6 Å². The molecule has 0 saturated heterocycles. The Hall–Kier alpha value is -2.05. The second-order valence-corrected chi connectivity index (χ2v) is 6.53. The summed E-state index contributed by atoms with van der Waals surface area (Å²) in [7, 11) is 0. The number of hydrogen-bond acceptors (Lipinski definition) is 0. The van der Waals surface area contributed by atoms with Crippen LogP contribution in [0.4, 0.5) is 0 Å². The van der Waals surface area contributed by atoms with E-state index in [1.807, 2.05) is 30.3 Å². The molecular weight excluding hydrogens is 391 g/mol. The molecule has 3 rings (SSSR count). The molecule has 0 aliphatic heterocycles. The van der Waals surface area contributed by atoms with Gasteiger partial charge >= 0.3 is 0 Å². The number of benzene rings is 3. The van der Waals surface area contributed by atoms with Gasteiger partial charge in [-0.05, 0) is 70.8 Å². The SMILES string of the molecule is Ic1ccccc1CCc1ccccc1C#Cc1ccccc1. The smallest absolute Gasteiger partial charge is 0.0281 e. The summed E-state index contributed by atoms with van der Waals surface area (Å²) >= 11 is 2.41. The summed E-state index contributed by atoms with van der Waals surface area (Å²) in [6, 6.07) is 27.2. The third kappa shape index (κ3) is 4.46. The highest BCUT2D eigenvalue weighted by molar-refractivity contribution is 14.1. The minimum absolute atomic E-state index is 1.01. The lowest BCUT2D eigenvalue weighted by atomic mass is 10.00. The van der Waals surface area contributed by atoms with Gasteiger partial charge in [0, 0.05) is 14.7 Å². The summed E-state index contributed by atoms with van der Waals surface area (Å²) in [4.78, 5) is 0. The number of rotatable bonds is 3. The van der Waals surface area contributed by atoms with Gasteiger partial charge in [0.15, 0.2) is 0 Å². The molecule has 0 aliphatic carbocycles. The quantitative estimate of drug-likeness (QED) is 0.398. The molecule has 3 aromatic rings. The van der Waals surface area contributed by atoms with Gasteiger partial charge < -0.3 is 0 Å². The molecule has 0 atom stereocenters. The zero-order valence-electron chi connectivity index (χ0n) is 12.8.